The van der Waals surface area contributed by atoms with E-state index in [2.05, 4.69) is 43.5 Å². The Labute approximate surface area is 450 Å². The third-order valence-corrected chi connectivity index (χ3v) is 15.3. The fourth-order valence-corrected chi connectivity index (χ4v) is 10.3. The van der Waals surface area contributed by atoms with Crippen molar-refractivity contribution >= 4 is 11.9 Å². The molecule has 0 radical (unpaired) electrons. The van der Waals surface area contributed by atoms with Gasteiger partial charge in [0.05, 0.1) is 25.4 Å². The molecule has 0 aromatic heterocycles. The van der Waals surface area contributed by atoms with Gasteiger partial charge >= 0.3 is 5.97 Å². The van der Waals surface area contributed by atoms with Gasteiger partial charge in [-0.3, -0.25) is 9.59 Å². The second-order valence-electron chi connectivity index (χ2n) is 22.5. The maximum absolute atomic E-state index is 12.5. The molecule has 2 unspecified atom stereocenters. The number of carbonyl (C=O) groups excluding carboxylic acids is 2. The van der Waals surface area contributed by atoms with Crippen LogP contribution in [0.15, 0.2) is 24.3 Å². The van der Waals surface area contributed by atoms with Crippen LogP contribution in [0.5, 0.6) is 0 Å². The molecule has 6 heteroatoms. The maximum Gasteiger partial charge on any atom is 0.305 e. The SMILES string of the molecule is CCCCCC/C=C\C/C=C\CCCCCCCCCC(=O)OCCCCCCCCCCCCCCCCCC(=O)NC(CO)C(O)CCCCCCCCCCCCCCCCCCCCCCCC. The van der Waals surface area contributed by atoms with Crippen molar-refractivity contribution in [3.63, 3.8) is 0 Å². The molecule has 1 amide bonds. The number of aliphatic hydroxyl groups is 2. The molecule has 0 aliphatic rings. The Balaban J connectivity index is 3.42. The van der Waals surface area contributed by atoms with Gasteiger partial charge in [-0.15, -0.1) is 0 Å². The van der Waals surface area contributed by atoms with Crippen molar-refractivity contribution in [2.45, 2.75) is 373 Å². The zero-order chi connectivity index (χ0) is 52.2. The highest BCUT2D eigenvalue weighted by Crippen LogP contribution is 2.18. The number of esters is 1. The van der Waals surface area contributed by atoms with E-state index in [4.69, 9.17) is 4.74 Å². The molecule has 0 aliphatic carbocycles. The summed E-state index contributed by atoms with van der Waals surface area (Å²) < 4.78 is 5.49. The highest BCUT2D eigenvalue weighted by Gasteiger charge is 2.20. The van der Waals surface area contributed by atoms with E-state index < -0.39 is 12.1 Å². The van der Waals surface area contributed by atoms with E-state index in [1.807, 2.05) is 0 Å². The predicted octanol–water partition coefficient (Wildman–Crippen LogP) is 20.6. The number of hydrogen-bond donors (Lipinski definition) is 3. The van der Waals surface area contributed by atoms with Gasteiger partial charge < -0.3 is 20.3 Å². The van der Waals surface area contributed by atoms with Crippen LogP contribution in [-0.4, -0.2) is 47.4 Å². The normalized spacial score (nSPS) is 12.7. The summed E-state index contributed by atoms with van der Waals surface area (Å²) in [6, 6.07) is -0.550. The van der Waals surface area contributed by atoms with Crippen LogP contribution >= 0.6 is 0 Å². The molecule has 0 saturated carbocycles. The summed E-state index contributed by atoms with van der Waals surface area (Å²) in [4.78, 5) is 24.6. The monoisotopic (exact) mass is 1010 g/mol. The smallest absolute Gasteiger partial charge is 0.305 e. The van der Waals surface area contributed by atoms with Crippen molar-refractivity contribution in [2.75, 3.05) is 13.2 Å². The van der Waals surface area contributed by atoms with Crippen molar-refractivity contribution < 1.29 is 24.5 Å². The van der Waals surface area contributed by atoms with Crippen LogP contribution in [0.4, 0.5) is 0 Å². The Morgan fingerprint density at radius 3 is 1.07 bits per heavy atom. The van der Waals surface area contributed by atoms with Crippen LogP contribution in [0.3, 0.4) is 0 Å². The van der Waals surface area contributed by atoms with Gasteiger partial charge in [0.25, 0.3) is 0 Å². The number of unbranched alkanes of at least 4 members (excludes halogenated alkanes) is 46. The number of carbonyl (C=O) groups is 2. The second-order valence-corrected chi connectivity index (χ2v) is 22.5. The van der Waals surface area contributed by atoms with E-state index in [0.29, 0.717) is 25.9 Å². The van der Waals surface area contributed by atoms with Gasteiger partial charge in [-0.1, -0.05) is 314 Å². The molecule has 0 fully saturated rings. The van der Waals surface area contributed by atoms with Gasteiger partial charge in [0.2, 0.25) is 5.91 Å². The van der Waals surface area contributed by atoms with Crippen molar-refractivity contribution in [3.8, 4) is 0 Å². The van der Waals surface area contributed by atoms with Crippen LogP contribution in [0.1, 0.15) is 361 Å². The van der Waals surface area contributed by atoms with E-state index in [1.165, 1.54) is 270 Å². The first-order chi connectivity index (χ1) is 35.5. The maximum atomic E-state index is 12.5. The Bertz CT molecular complexity index is 1120. The van der Waals surface area contributed by atoms with Crippen molar-refractivity contribution in [1.82, 2.24) is 5.32 Å². The molecule has 3 N–H and O–H groups in total. The fraction of sp³-hybridized carbons (Fsp3) is 0.909. The number of ether oxygens (including phenoxy) is 1. The third kappa shape index (κ3) is 57.6. The zero-order valence-corrected chi connectivity index (χ0v) is 48.7. The van der Waals surface area contributed by atoms with E-state index >= 15 is 0 Å². The highest BCUT2D eigenvalue weighted by molar-refractivity contribution is 5.76. The van der Waals surface area contributed by atoms with Crippen LogP contribution < -0.4 is 5.32 Å². The zero-order valence-electron chi connectivity index (χ0n) is 48.7. The molecule has 0 rings (SSSR count). The summed E-state index contributed by atoms with van der Waals surface area (Å²) in [5, 5.41) is 23.4. The van der Waals surface area contributed by atoms with Crippen molar-refractivity contribution in [1.29, 1.82) is 0 Å². The lowest BCUT2D eigenvalue weighted by molar-refractivity contribution is -0.143. The van der Waals surface area contributed by atoms with Crippen LogP contribution in [-0.2, 0) is 14.3 Å². The number of amides is 1. The first kappa shape index (κ1) is 70.3. The molecular formula is C66H127NO5. The summed E-state index contributed by atoms with van der Waals surface area (Å²) >= 11 is 0. The van der Waals surface area contributed by atoms with Crippen molar-refractivity contribution in [3.05, 3.63) is 24.3 Å². The Hall–Kier alpha value is -1.66. The minimum absolute atomic E-state index is 0.00554. The predicted molar refractivity (Wildman–Crippen MR) is 315 cm³/mol. The molecule has 426 valence electrons. The van der Waals surface area contributed by atoms with Crippen LogP contribution in [0, 0.1) is 0 Å². The lowest BCUT2D eigenvalue weighted by atomic mass is 10.0. The molecule has 0 spiro atoms. The molecule has 72 heavy (non-hydrogen) atoms. The molecule has 0 saturated heterocycles. The lowest BCUT2D eigenvalue weighted by Crippen LogP contribution is -2.45. The van der Waals surface area contributed by atoms with Gasteiger partial charge in [-0.05, 0) is 57.8 Å². The molecule has 0 heterocycles. The highest BCUT2D eigenvalue weighted by atomic mass is 16.5. The number of rotatable bonds is 61. The van der Waals surface area contributed by atoms with Gasteiger partial charge in [0, 0.05) is 12.8 Å². The Morgan fingerprint density at radius 2 is 0.694 bits per heavy atom. The average molecular weight is 1010 g/mol. The first-order valence-electron chi connectivity index (χ1n) is 32.6. The molecule has 0 aromatic carbocycles. The molecule has 0 aliphatic heterocycles. The van der Waals surface area contributed by atoms with Gasteiger partial charge in [0.15, 0.2) is 0 Å². The largest absolute Gasteiger partial charge is 0.466 e. The van der Waals surface area contributed by atoms with E-state index in [9.17, 15) is 19.8 Å². The Morgan fingerprint density at radius 1 is 0.389 bits per heavy atom. The minimum Gasteiger partial charge on any atom is -0.466 e. The van der Waals surface area contributed by atoms with E-state index in [0.717, 1.165) is 57.8 Å². The summed E-state index contributed by atoms with van der Waals surface area (Å²) in [6.07, 6.45) is 76.1. The second kappa shape index (κ2) is 61.9. The van der Waals surface area contributed by atoms with Crippen LogP contribution in [0.2, 0.25) is 0 Å². The summed E-state index contributed by atoms with van der Waals surface area (Å²) in [5.41, 5.74) is 0. The third-order valence-electron chi connectivity index (χ3n) is 15.3. The number of hydrogen-bond acceptors (Lipinski definition) is 5. The molecule has 0 aromatic rings. The van der Waals surface area contributed by atoms with E-state index in [-0.39, 0.29) is 18.5 Å². The molecule has 0 bridgehead atoms. The topological polar surface area (TPSA) is 95.9 Å². The number of aliphatic hydroxyl groups excluding tert-OH is 2. The quantitative estimate of drug-likeness (QED) is 0.0320. The number of allylic oxidation sites excluding steroid dienone is 4. The van der Waals surface area contributed by atoms with Gasteiger partial charge in [-0.2, -0.15) is 0 Å². The first-order valence-corrected chi connectivity index (χ1v) is 32.6. The lowest BCUT2D eigenvalue weighted by Gasteiger charge is -2.22. The molecule has 6 nitrogen and oxygen atoms in total. The van der Waals surface area contributed by atoms with Gasteiger partial charge in [-0.25, -0.2) is 0 Å². The standard InChI is InChI=1S/C66H127NO5/c1-3-5-7-9-11-13-15-17-19-21-23-24-25-26-27-30-34-38-42-46-50-54-58-64(69)63(62-68)67-65(70)59-55-51-47-43-39-35-31-29-33-37-41-45-49-53-57-61-72-66(71)60-56-52-48-44-40-36-32-28-22-20-18-16-14-12-10-8-6-4-2/h14,16,20,22,63-64,68-69H,3-13,15,17-19,21,23-62H2,1-2H3,(H,67,70)/b16-14-,22-20-. The van der Waals surface area contributed by atoms with Crippen molar-refractivity contribution in [2.24, 2.45) is 0 Å². The van der Waals surface area contributed by atoms with Crippen LogP contribution in [0.25, 0.3) is 0 Å². The fourth-order valence-electron chi connectivity index (χ4n) is 10.3. The number of nitrogens with one attached hydrogen (secondary N) is 1. The molecular weight excluding hydrogens is 887 g/mol. The average Bonchev–Trinajstić information content (AvgIpc) is 3.38. The molecule has 2 atom stereocenters. The van der Waals surface area contributed by atoms with Gasteiger partial charge in [0.1, 0.15) is 0 Å². The summed E-state index contributed by atoms with van der Waals surface area (Å²) in [7, 11) is 0. The summed E-state index contributed by atoms with van der Waals surface area (Å²) in [5.74, 6) is -0.0455. The summed E-state index contributed by atoms with van der Waals surface area (Å²) in [6.45, 7) is 4.95. The minimum atomic E-state index is -0.672. The Kier molecular flexibility index (Phi) is 60.5. The van der Waals surface area contributed by atoms with E-state index in [1.54, 1.807) is 0 Å².